The zero-order valence-electron chi connectivity index (χ0n) is 33.2. The molecule has 4 aliphatic rings. The lowest BCUT2D eigenvalue weighted by molar-refractivity contribution is -0.191. The number of hydrogen-bond donors (Lipinski definition) is 0. The van der Waals surface area contributed by atoms with Crippen LogP contribution < -0.4 is 23.7 Å². The van der Waals surface area contributed by atoms with Crippen LogP contribution in [-0.4, -0.2) is 113 Å². The molecule has 4 amide bonds. The second-order valence-electron chi connectivity index (χ2n) is 14.8. The number of hydrogen-bond acceptors (Lipinski definition) is 14. The standard InChI is InChI=1S/C39H42F3N5O11/c1-16-10-23-11-25-27(13-43)47-26(31(44(25)8)29(23)36(32(16)54-9)58-22(7)51)12-24-30(35-34(55-15-56-35)17(2)33(24)57-21(6)50)28(47)14-45(19(4)48)37(52)18(3)46(20(5)49)38(53)39(40,41)42/h10,18,25-28,31H,11-12,14-15H2,1-9H3/t18-,25-,26?,27-,28-,31+/m0/s1. The first-order valence-corrected chi connectivity index (χ1v) is 18.3. The number of fused-ring (bicyclic) bond motifs is 9. The quantitative estimate of drug-likeness (QED) is 0.293. The molecule has 0 radical (unpaired) electrons. The van der Waals surface area contributed by atoms with Gasteiger partial charge in [0.25, 0.3) is 5.91 Å². The van der Waals surface area contributed by atoms with Crippen LogP contribution in [0.3, 0.4) is 0 Å². The number of benzene rings is 2. The number of rotatable bonds is 7. The van der Waals surface area contributed by atoms with E-state index in [-0.39, 0.29) is 53.1 Å². The molecule has 16 nitrogen and oxygen atoms in total. The molecular weight excluding hydrogens is 771 g/mol. The van der Waals surface area contributed by atoms with Gasteiger partial charge >= 0.3 is 24.0 Å². The molecule has 1 fully saturated rings. The first kappa shape index (κ1) is 41.9. The van der Waals surface area contributed by atoms with E-state index in [1.165, 1.54) is 21.0 Å². The molecule has 6 atom stereocenters. The fraction of sp³-hybridized carbons (Fsp3) is 0.513. The summed E-state index contributed by atoms with van der Waals surface area (Å²) < 4.78 is 70.3. The molecular formula is C39H42F3N5O11. The Bertz CT molecular complexity index is 2190. The number of carbonyl (C=O) groups excluding carboxylic acids is 6. The summed E-state index contributed by atoms with van der Waals surface area (Å²) in [4.78, 5) is 82.1. The van der Waals surface area contributed by atoms with Crippen LogP contribution in [0.25, 0.3) is 0 Å². The Kier molecular flexibility index (Phi) is 11.0. The minimum absolute atomic E-state index is 0.0591. The average Bonchev–Trinajstić information content (AvgIpc) is 3.61. The average molecular weight is 814 g/mol. The lowest BCUT2D eigenvalue weighted by Gasteiger charge is -2.60. The summed E-state index contributed by atoms with van der Waals surface area (Å²) in [6, 6.07) is -1.98. The van der Waals surface area contributed by atoms with Crippen LogP contribution >= 0.6 is 0 Å². The number of esters is 2. The molecule has 1 saturated heterocycles. The Morgan fingerprint density at radius 3 is 2.10 bits per heavy atom. The largest absolute Gasteiger partial charge is 0.493 e. The van der Waals surface area contributed by atoms with Crippen molar-refractivity contribution in [1.82, 2.24) is 19.6 Å². The number of ether oxygens (including phenoxy) is 5. The minimum Gasteiger partial charge on any atom is -0.493 e. The van der Waals surface area contributed by atoms with E-state index < -0.39 is 84.5 Å². The molecule has 19 heteroatoms. The molecule has 2 aromatic carbocycles. The summed E-state index contributed by atoms with van der Waals surface area (Å²) >= 11 is 0. The number of amides is 4. The molecule has 2 bridgehead atoms. The van der Waals surface area contributed by atoms with E-state index in [1.807, 2.05) is 18.0 Å². The van der Waals surface area contributed by atoms with E-state index in [0.717, 1.165) is 19.4 Å². The molecule has 2 aromatic rings. The molecule has 4 aliphatic heterocycles. The zero-order chi connectivity index (χ0) is 42.9. The number of likely N-dealkylation sites (N-methyl/N-ethyl adjacent to an activating group) is 1. The predicted octanol–water partition coefficient (Wildman–Crippen LogP) is 3.36. The van der Waals surface area contributed by atoms with Gasteiger partial charge in [0.15, 0.2) is 23.0 Å². The fourth-order valence-corrected chi connectivity index (χ4v) is 9.12. The molecule has 1 unspecified atom stereocenters. The Balaban J connectivity index is 1.62. The number of carbonyl (C=O) groups is 6. The smallest absolute Gasteiger partial charge is 0.471 e. The van der Waals surface area contributed by atoms with Crippen molar-refractivity contribution in [2.45, 2.75) is 104 Å². The zero-order valence-corrected chi connectivity index (χ0v) is 33.2. The van der Waals surface area contributed by atoms with Crippen LogP contribution in [0.5, 0.6) is 28.7 Å². The van der Waals surface area contributed by atoms with E-state index in [2.05, 4.69) is 6.07 Å². The monoisotopic (exact) mass is 813 g/mol. The van der Waals surface area contributed by atoms with Crippen LogP contribution in [0, 0.1) is 25.2 Å². The third kappa shape index (κ3) is 6.77. The van der Waals surface area contributed by atoms with Crippen LogP contribution in [0.15, 0.2) is 6.07 Å². The summed E-state index contributed by atoms with van der Waals surface area (Å²) in [6.45, 7) is 7.58. The Morgan fingerprint density at radius 1 is 0.931 bits per heavy atom. The van der Waals surface area contributed by atoms with Crippen molar-refractivity contribution < 1.29 is 65.6 Å². The molecule has 0 aromatic heterocycles. The van der Waals surface area contributed by atoms with Crippen molar-refractivity contribution in [3.63, 3.8) is 0 Å². The van der Waals surface area contributed by atoms with Gasteiger partial charge < -0.3 is 23.7 Å². The van der Waals surface area contributed by atoms with Crippen LogP contribution in [0.1, 0.15) is 80.1 Å². The maximum atomic E-state index is 14.2. The van der Waals surface area contributed by atoms with Gasteiger partial charge in [0.1, 0.15) is 17.8 Å². The van der Waals surface area contributed by atoms with Crippen molar-refractivity contribution in [3.8, 4) is 34.8 Å². The van der Waals surface area contributed by atoms with E-state index in [4.69, 9.17) is 23.7 Å². The topological polar surface area (TPSA) is 185 Å². The van der Waals surface area contributed by atoms with Gasteiger partial charge in [-0.3, -0.25) is 48.4 Å². The minimum atomic E-state index is -5.53. The second kappa shape index (κ2) is 15.2. The summed E-state index contributed by atoms with van der Waals surface area (Å²) in [6.07, 6.45) is -5.20. The van der Waals surface area contributed by atoms with Crippen LogP contribution in [0.2, 0.25) is 0 Å². The fourth-order valence-electron chi connectivity index (χ4n) is 9.12. The predicted molar refractivity (Wildman–Crippen MR) is 193 cm³/mol. The van der Waals surface area contributed by atoms with Crippen molar-refractivity contribution in [2.75, 3.05) is 27.5 Å². The van der Waals surface area contributed by atoms with Gasteiger partial charge in [-0.05, 0) is 51.8 Å². The lowest BCUT2D eigenvalue weighted by Crippen LogP contribution is -2.69. The number of nitriles is 1. The molecule has 310 valence electrons. The van der Waals surface area contributed by atoms with Gasteiger partial charge in [-0.1, -0.05) is 6.07 Å². The van der Waals surface area contributed by atoms with E-state index in [0.29, 0.717) is 39.8 Å². The highest BCUT2D eigenvalue weighted by Crippen LogP contribution is 2.58. The van der Waals surface area contributed by atoms with Crippen LogP contribution in [0.4, 0.5) is 13.2 Å². The highest BCUT2D eigenvalue weighted by Gasteiger charge is 2.58. The number of imide groups is 2. The van der Waals surface area contributed by atoms with Gasteiger partial charge in [0, 0.05) is 68.6 Å². The Morgan fingerprint density at radius 2 is 1.55 bits per heavy atom. The van der Waals surface area contributed by atoms with Crippen molar-refractivity contribution >= 4 is 35.6 Å². The SMILES string of the molecule is COc1c(C)cc2c(c1OC(C)=O)[C@H]1C3Cc4c(OC(C)=O)c(C)c5c(c4[C@H](CN(C(C)=O)C(=O)[C@H](C)N(C(C)=O)C(=O)C(F)(F)F)N3[C@@H](C#N)[C@H](C2)N1C)OCO5. The highest BCUT2D eigenvalue weighted by molar-refractivity contribution is 6.04. The third-order valence-electron chi connectivity index (χ3n) is 11.3. The number of aryl methyl sites for hydroxylation is 1. The van der Waals surface area contributed by atoms with E-state index in [9.17, 15) is 47.2 Å². The summed E-state index contributed by atoms with van der Waals surface area (Å²) in [7, 11) is 3.25. The molecule has 58 heavy (non-hydrogen) atoms. The number of nitrogens with zero attached hydrogens (tertiary/aromatic N) is 5. The first-order chi connectivity index (χ1) is 27.2. The summed E-state index contributed by atoms with van der Waals surface area (Å²) in [5.74, 6) is -6.63. The normalized spacial score (nSPS) is 22.3. The Labute approximate surface area is 331 Å². The molecule has 6 rings (SSSR count). The van der Waals surface area contributed by atoms with Gasteiger partial charge in [-0.2, -0.15) is 18.4 Å². The van der Waals surface area contributed by atoms with Gasteiger partial charge in [-0.15, -0.1) is 0 Å². The molecule has 0 spiro atoms. The summed E-state index contributed by atoms with van der Waals surface area (Å²) in [5, 5.41) is 11.0. The van der Waals surface area contributed by atoms with Gasteiger partial charge in [-0.25, -0.2) is 0 Å². The summed E-state index contributed by atoms with van der Waals surface area (Å²) in [5.41, 5.74) is 3.11. The highest BCUT2D eigenvalue weighted by atomic mass is 19.4. The van der Waals surface area contributed by atoms with E-state index in [1.54, 1.807) is 18.7 Å². The van der Waals surface area contributed by atoms with E-state index >= 15 is 0 Å². The van der Waals surface area contributed by atoms with Crippen molar-refractivity contribution in [2.24, 2.45) is 0 Å². The molecule has 0 N–H and O–H groups in total. The number of methoxy groups -OCH3 is 1. The number of halogens is 3. The van der Waals surface area contributed by atoms with Crippen LogP contribution in [-0.2, 0) is 41.6 Å². The van der Waals surface area contributed by atoms with Gasteiger partial charge in [0.2, 0.25) is 18.6 Å². The van der Waals surface area contributed by atoms with Gasteiger partial charge in [0.05, 0.1) is 25.3 Å². The molecule has 0 aliphatic carbocycles. The second-order valence-corrected chi connectivity index (χ2v) is 14.8. The maximum Gasteiger partial charge on any atom is 0.471 e. The lowest BCUT2D eigenvalue weighted by atomic mass is 9.71. The van der Waals surface area contributed by atoms with Crippen molar-refractivity contribution in [3.05, 3.63) is 39.4 Å². The molecule has 4 heterocycles. The number of piperazine rings is 1. The first-order valence-electron chi connectivity index (χ1n) is 18.3. The Hall–Kier alpha value is -5.74. The van der Waals surface area contributed by atoms with Crippen molar-refractivity contribution in [1.29, 1.82) is 5.26 Å². The third-order valence-corrected chi connectivity index (χ3v) is 11.3. The maximum absolute atomic E-state index is 14.2. The molecule has 0 saturated carbocycles. The number of alkyl halides is 3.